The molecule has 0 spiro atoms. The van der Waals surface area contributed by atoms with Gasteiger partial charge in [0.05, 0.1) is 23.0 Å². The molecule has 0 unspecified atom stereocenters. The first kappa shape index (κ1) is 33.5. The average Bonchev–Trinajstić information content (AvgIpc) is 3.99. The summed E-state index contributed by atoms with van der Waals surface area (Å²) in [5.74, 6) is 0.453. The Morgan fingerprint density at radius 1 is 0.328 bits per heavy atom. The number of aromatic nitrogens is 3. The number of pyridine rings is 1. The third-order valence-corrected chi connectivity index (χ3v) is 11.7. The van der Waals surface area contributed by atoms with E-state index >= 15 is 0 Å². The van der Waals surface area contributed by atoms with Crippen LogP contribution in [0.5, 0.6) is 0 Å². The Hall–Kier alpha value is -8.49. The highest BCUT2D eigenvalue weighted by atomic mass is 16.3. The van der Waals surface area contributed by atoms with E-state index < -0.39 is 0 Å². The summed E-state index contributed by atoms with van der Waals surface area (Å²) in [5, 5.41) is 9.52. The zero-order valence-corrected chi connectivity index (χ0v) is 32.4. The van der Waals surface area contributed by atoms with Crippen LogP contribution in [0.3, 0.4) is 0 Å². The van der Waals surface area contributed by atoms with Gasteiger partial charge < -0.3 is 18.2 Å². The Balaban J connectivity index is 0.961. The summed E-state index contributed by atoms with van der Waals surface area (Å²) >= 11 is 0. The van der Waals surface area contributed by atoms with Gasteiger partial charge >= 0.3 is 0 Å². The number of nitrogens with zero attached hydrogens (tertiary/aromatic N) is 5. The van der Waals surface area contributed by atoms with Crippen LogP contribution in [0.4, 0.5) is 34.4 Å². The van der Waals surface area contributed by atoms with Gasteiger partial charge in [-0.2, -0.15) is 4.98 Å². The van der Waals surface area contributed by atoms with Crippen molar-refractivity contribution in [2.45, 2.75) is 0 Å². The van der Waals surface area contributed by atoms with Gasteiger partial charge in [-0.15, -0.1) is 0 Å². The van der Waals surface area contributed by atoms with Gasteiger partial charge in [-0.25, -0.2) is 9.97 Å². The van der Waals surface area contributed by atoms with E-state index in [1.54, 1.807) is 6.20 Å². The van der Waals surface area contributed by atoms with Crippen LogP contribution in [-0.4, -0.2) is 15.0 Å². The standard InChI is InChI=1S/C53H31N5O3/c1-3-11-34-25-36(19-17-32(34)9-1)57(38-21-23-43-41-13-5-7-15-46(41)59-48(43)27-38)40-29-50-51(54-30-40)45-31-55-53(56-52(45)61-50)58(37-20-18-33-10-2-4-12-35(33)26-37)39-22-24-44-42-14-6-8-16-47(42)60-49(44)28-39/h1-31H. The zero-order valence-electron chi connectivity index (χ0n) is 32.4. The van der Waals surface area contributed by atoms with Gasteiger partial charge in [-0.1, -0.05) is 97.1 Å². The molecule has 0 aliphatic heterocycles. The number of para-hydroxylation sites is 2. The molecule has 5 aromatic heterocycles. The predicted octanol–water partition coefficient (Wildman–Crippen LogP) is 14.8. The summed E-state index contributed by atoms with van der Waals surface area (Å²) in [6.07, 6.45) is 3.69. The van der Waals surface area contributed by atoms with Gasteiger partial charge in [0.25, 0.3) is 0 Å². The molecular weight excluding hydrogens is 755 g/mol. The summed E-state index contributed by atoms with van der Waals surface area (Å²) < 4.78 is 19.3. The molecule has 0 bridgehead atoms. The number of anilines is 6. The van der Waals surface area contributed by atoms with Crippen molar-refractivity contribution < 1.29 is 13.3 Å². The van der Waals surface area contributed by atoms with Gasteiger partial charge in [0, 0.05) is 63.0 Å². The lowest BCUT2D eigenvalue weighted by atomic mass is 10.1. The minimum Gasteiger partial charge on any atom is -0.456 e. The molecule has 0 atom stereocenters. The monoisotopic (exact) mass is 785 g/mol. The molecule has 0 saturated heterocycles. The summed E-state index contributed by atoms with van der Waals surface area (Å²) in [4.78, 5) is 19.3. The van der Waals surface area contributed by atoms with E-state index in [0.717, 1.165) is 99.2 Å². The molecule has 0 radical (unpaired) electrons. The molecule has 13 rings (SSSR count). The summed E-state index contributed by atoms with van der Waals surface area (Å²) in [5.41, 5.74) is 9.45. The van der Waals surface area contributed by atoms with Crippen LogP contribution >= 0.6 is 0 Å². The maximum atomic E-state index is 6.63. The Morgan fingerprint density at radius 2 is 0.820 bits per heavy atom. The average molecular weight is 786 g/mol. The van der Waals surface area contributed by atoms with Crippen molar-refractivity contribution in [3.05, 3.63) is 188 Å². The largest absolute Gasteiger partial charge is 0.456 e. The van der Waals surface area contributed by atoms with Gasteiger partial charge in [-0.05, 0) is 82.2 Å². The maximum Gasteiger partial charge on any atom is 0.237 e. The van der Waals surface area contributed by atoms with Crippen molar-refractivity contribution in [2.24, 2.45) is 0 Å². The number of hydrogen-bond acceptors (Lipinski definition) is 8. The minimum atomic E-state index is 0.432. The van der Waals surface area contributed by atoms with E-state index in [4.69, 9.17) is 28.2 Å². The third-order valence-electron chi connectivity index (χ3n) is 11.7. The molecular formula is C53H31N5O3. The Kier molecular flexibility index (Phi) is 7.14. The molecule has 8 heteroatoms. The second-order valence-electron chi connectivity index (χ2n) is 15.3. The van der Waals surface area contributed by atoms with Crippen molar-refractivity contribution in [1.29, 1.82) is 0 Å². The first-order chi connectivity index (χ1) is 30.2. The summed E-state index contributed by atoms with van der Waals surface area (Å²) in [6.45, 7) is 0. The van der Waals surface area contributed by atoms with Crippen molar-refractivity contribution in [1.82, 2.24) is 15.0 Å². The van der Waals surface area contributed by atoms with Crippen LogP contribution in [0.15, 0.2) is 202 Å². The van der Waals surface area contributed by atoms with Crippen molar-refractivity contribution in [3.63, 3.8) is 0 Å². The molecule has 8 nitrogen and oxygen atoms in total. The Morgan fingerprint density at radius 3 is 1.46 bits per heavy atom. The van der Waals surface area contributed by atoms with E-state index in [9.17, 15) is 0 Å². The number of rotatable bonds is 6. The van der Waals surface area contributed by atoms with Gasteiger partial charge in [0.15, 0.2) is 5.58 Å². The normalized spacial score (nSPS) is 11.9. The molecule has 13 aromatic rings. The second-order valence-corrected chi connectivity index (χ2v) is 15.3. The van der Waals surface area contributed by atoms with Crippen molar-refractivity contribution in [3.8, 4) is 0 Å². The highest BCUT2D eigenvalue weighted by Crippen LogP contribution is 2.42. The lowest BCUT2D eigenvalue weighted by Gasteiger charge is -2.25. The van der Waals surface area contributed by atoms with Crippen LogP contribution in [0.1, 0.15) is 0 Å². The van der Waals surface area contributed by atoms with E-state index in [0.29, 0.717) is 22.8 Å². The fourth-order valence-electron chi connectivity index (χ4n) is 8.81. The van der Waals surface area contributed by atoms with Crippen molar-refractivity contribution in [2.75, 3.05) is 9.80 Å². The Bertz CT molecular complexity index is 3630. The van der Waals surface area contributed by atoms with Crippen LogP contribution < -0.4 is 9.80 Å². The highest BCUT2D eigenvalue weighted by Gasteiger charge is 2.23. The van der Waals surface area contributed by atoms with Gasteiger partial charge in [0.2, 0.25) is 11.7 Å². The predicted molar refractivity (Wildman–Crippen MR) is 246 cm³/mol. The number of fused-ring (bicyclic) bond motifs is 11. The fourth-order valence-corrected chi connectivity index (χ4v) is 8.81. The number of hydrogen-bond donors (Lipinski definition) is 0. The second kappa shape index (κ2) is 13.0. The van der Waals surface area contributed by atoms with Crippen molar-refractivity contribution >= 4 is 122 Å². The molecule has 61 heavy (non-hydrogen) atoms. The highest BCUT2D eigenvalue weighted by molar-refractivity contribution is 6.08. The quantitative estimate of drug-likeness (QED) is 0.165. The lowest BCUT2D eigenvalue weighted by Crippen LogP contribution is -2.13. The first-order valence-corrected chi connectivity index (χ1v) is 20.1. The molecule has 0 aliphatic rings. The Labute approximate surface area is 347 Å². The van der Waals surface area contributed by atoms with Crippen LogP contribution in [-0.2, 0) is 0 Å². The van der Waals surface area contributed by atoms with Gasteiger partial charge in [-0.3, -0.25) is 4.90 Å². The molecule has 0 fully saturated rings. The molecule has 0 saturated carbocycles. The van der Waals surface area contributed by atoms with E-state index in [1.807, 2.05) is 65.7 Å². The minimum absolute atomic E-state index is 0.432. The molecule has 5 heterocycles. The molecule has 286 valence electrons. The molecule has 0 N–H and O–H groups in total. The van der Waals surface area contributed by atoms with Gasteiger partial charge in [0.1, 0.15) is 27.8 Å². The smallest absolute Gasteiger partial charge is 0.237 e. The maximum absolute atomic E-state index is 6.63. The van der Waals surface area contributed by atoms with E-state index in [2.05, 4.69) is 126 Å². The fraction of sp³-hybridized carbons (Fsp3) is 0. The van der Waals surface area contributed by atoms with Crippen LogP contribution in [0.2, 0.25) is 0 Å². The number of furan rings is 3. The van der Waals surface area contributed by atoms with Crippen LogP contribution in [0.25, 0.3) is 87.6 Å². The SMILES string of the molecule is c1ccc2cc(N(c3ccc4c(c3)oc3ccccc34)c3cnc4c(c3)oc3nc(N(c5ccc6ccccc6c5)c5ccc6c(c5)oc5ccccc56)ncc34)ccc2c1. The van der Waals surface area contributed by atoms with E-state index in [1.165, 1.54) is 0 Å². The topological polar surface area (TPSA) is 84.6 Å². The summed E-state index contributed by atoms with van der Waals surface area (Å²) in [6, 6.07) is 60.4. The third kappa shape index (κ3) is 5.36. The van der Waals surface area contributed by atoms with E-state index in [-0.39, 0.29) is 0 Å². The zero-order chi connectivity index (χ0) is 40.0. The summed E-state index contributed by atoms with van der Waals surface area (Å²) in [7, 11) is 0. The number of benzene rings is 8. The molecule has 0 aliphatic carbocycles. The van der Waals surface area contributed by atoms with Crippen LogP contribution in [0, 0.1) is 0 Å². The first-order valence-electron chi connectivity index (χ1n) is 20.1. The molecule has 0 amide bonds. The molecule has 8 aromatic carbocycles. The lowest BCUT2D eigenvalue weighted by molar-refractivity contribution is 0.652.